The number of thioether (sulfide) groups is 1. The molecule has 1 aliphatic rings. The number of rotatable bonds is 7. The highest BCUT2D eigenvalue weighted by atomic mass is 32.2. The molecule has 0 bridgehead atoms. The van der Waals surface area contributed by atoms with Crippen molar-refractivity contribution in [1.29, 1.82) is 0 Å². The number of hydrogen-bond donors (Lipinski definition) is 1. The lowest BCUT2D eigenvalue weighted by Gasteiger charge is -2.31. The van der Waals surface area contributed by atoms with Crippen LogP contribution in [0.3, 0.4) is 0 Å². The summed E-state index contributed by atoms with van der Waals surface area (Å²) in [5.41, 5.74) is -4.31. The summed E-state index contributed by atoms with van der Waals surface area (Å²) in [5, 5.41) is 0. The van der Waals surface area contributed by atoms with Gasteiger partial charge < -0.3 is 4.74 Å². The third kappa shape index (κ3) is 7.07. The van der Waals surface area contributed by atoms with Gasteiger partial charge in [0.25, 0.3) is 0 Å². The van der Waals surface area contributed by atoms with Gasteiger partial charge in [-0.15, -0.1) is 0 Å². The van der Waals surface area contributed by atoms with E-state index in [2.05, 4.69) is 4.72 Å². The van der Waals surface area contributed by atoms with Crippen molar-refractivity contribution in [2.75, 3.05) is 12.4 Å². The Bertz CT molecular complexity index is 648. The summed E-state index contributed by atoms with van der Waals surface area (Å²) in [6.07, 6.45) is 3.61. The van der Waals surface area contributed by atoms with Crippen LogP contribution in [0.2, 0.25) is 0 Å². The molecule has 0 saturated heterocycles. The summed E-state index contributed by atoms with van der Waals surface area (Å²) in [4.78, 5) is 0.103. The predicted molar refractivity (Wildman–Crippen MR) is 92.2 cm³/mol. The van der Waals surface area contributed by atoms with Crippen LogP contribution in [0.15, 0.2) is 29.2 Å². The molecule has 0 unspecified atom stereocenters. The van der Waals surface area contributed by atoms with Crippen LogP contribution in [0.4, 0.5) is 13.2 Å². The molecule has 4 nitrogen and oxygen atoms in total. The van der Waals surface area contributed by atoms with Gasteiger partial charge in [0, 0.05) is 16.9 Å². The van der Waals surface area contributed by atoms with E-state index in [0.717, 1.165) is 25.7 Å². The zero-order valence-electron chi connectivity index (χ0n) is 13.9. The van der Waals surface area contributed by atoms with E-state index in [9.17, 15) is 21.6 Å². The molecule has 9 heteroatoms. The normalized spacial score (nSPS) is 21.9. The van der Waals surface area contributed by atoms with Gasteiger partial charge in [-0.1, -0.05) is 12.8 Å². The third-order valence-electron chi connectivity index (χ3n) is 4.14. The fraction of sp³-hybridized carbons (Fsp3) is 0.625. The molecule has 25 heavy (non-hydrogen) atoms. The van der Waals surface area contributed by atoms with Crippen molar-refractivity contribution in [1.82, 2.24) is 4.72 Å². The summed E-state index contributed by atoms with van der Waals surface area (Å²) in [7, 11) is -3.27. The van der Waals surface area contributed by atoms with E-state index >= 15 is 0 Å². The lowest BCUT2D eigenvalue weighted by molar-refractivity contribution is -0.0328. The Labute approximate surface area is 150 Å². The van der Waals surface area contributed by atoms with Gasteiger partial charge in [0.05, 0.1) is 12.4 Å². The van der Waals surface area contributed by atoms with Gasteiger partial charge in [-0.05, 0) is 55.8 Å². The van der Waals surface area contributed by atoms with Gasteiger partial charge in [-0.2, -0.15) is 13.2 Å². The Morgan fingerprint density at radius 3 is 2.44 bits per heavy atom. The van der Waals surface area contributed by atoms with Crippen LogP contribution in [0.5, 0.6) is 5.75 Å². The summed E-state index contributed by atoms with van der Waals surface area (Å²) in [6.45, 7) is 1.93. The topological polar surface area (TPSA) is 55.4 Å². The molecular weight excluding hydrogens is 375 g/mol. The standard InChI is InChI=1S/C16H22F3NO3S2/c1-2-25(21,22)20-15-6-4-3-5-12(15)11-23-13-7-9-14(10-8-13)24-16(17,18)19/h7-10,12,15,20H,2-6,11H2,1H3/t12-,15+/m0/s1. The molecule has 2 atom stereocenters. The Morgan fingerprint density at radius 1 is 1.20 bits per heavy atom. The van der Waals surface area contributed by atoms with Crippen LogP contribution in [-0.2, 0) is 10.0 Å². The highest BCUT2D eigenvalue weighted by Crippen LogP contribution is 2.37. The second-order valence-electron chi connectivity index (χ2n) is 6.00. The molecule has 1 fully saturated rings. The zero-order chi connectivity index (χ0) is 18.5. The molecule has 0 spiro atoms. The number of nitrogens with one attached hydrogen (secondary N) is 1. The monoisotopic (exact) mass is 397 g/mol. The smallest absolute Gasteiger partial charge is 0.446 e. The quantitative estimate of drug-likeness (QED) is 0.702. The van der Waals surface area contributed by atoms with Gasteiger partial charge in [0.15, 0.2) is 0 Å². The minimum atomic E-state index is -4.31. The third-order valence-corrected chi connectivity index (χ3v) is 6.30. The molecule has 0 amide bonds. The van der Waals surface area contributed by atoms with Gasteiger partial charge >= 0.3 is 5.51 Å². The SMILES string of the molecule is CCS(=O)(=O)N[C@@H]1CCCC[C@H]1COc1ccc(SC(F)(F)F)cc1. The van der Waals surface area contributed by atoms with Crippen molar-refractivity contribution in [2.24, 2.45) is 5.92 Å². The minimum Gasteiger partial charge on any atom is -0.493 e. The molecule has 0 radical (unpaired) electrons. The highest BCUT2D eigenvalue weighted by molar-refractivity contribution is 8.00. The minimum absolute atomic E-state index is 0.0371. The van der Waals surface area contributed by atoms with E-state index in [1.165, 1.54) is 24.3 Å². The van der Waals surface area contributed by atoms with Crippen LogP contribution in [0.25, 0.3) is 0 Å². The van der Waals surface area contributed by atoms with Crippen LogP contribution in [0.1, 0.15) is 32.6 Å². The number of halogens is 3. The van der Waals surface area contributed by atoms with Gasteiger partial charge in [-0.25, -0.2) is 13.1 Å². The van der Waals surface area contributed by atoms with Crippen LogP contribution in [-0.4, -0.2) is 32.3 Å². The average Bonchev–Trinajstić information content (AvgIpc) is 2.54. The Kier molecular flexibility index (Phi) is 7.04. The Hall–Kier alpha value is -0.930. The average molecular weight is 397 g/mol. The molecule has 1 saturated carbocycles. The number of ether oxygens (including phenoxy) is 1. The van der Waals surface area contributed by atoms with E-state index in [1.54, 1.807) is 6.92 Å². The molecule has 0 aliphatic heterocycles. The Balaban J connectivity index is 1.92. The Morgan fingerprint density at radius 2 is 1.84 bits per heavy atom. The second kappa shape index (κ2) is 8.64. The van der Waals surface area contributed by atoms with E-state index in [1.807, 2.05) is 0 Å². The van der Waals surface area contributed by atoms with E-state index in [4.69, 9.17) is 4.74 Å². The fourth-order valence-corrected chi connectivity index (χ4v) is 4.29. The van der Waals surface area contributed by atoms with Crippen molar-refractivity contribution >= 4 is 21.8 Å². The summed E-state index contributed by atoms with van der Waals surface area (Å²) < 4.78 is 68.9. The maximum atomic E-state index is 12.3. The van der Waals surface area contributed by atoms with Crippen LogP contribution >= 0.6 is 11.8 Å². The first-order chi connectivity index (χ1) is 11.7. The summed E-state index contributed by atoms with van der Waals surface area (Å²) >= 11 is -0.167. The molecule has 142 valence electrons. The predicted octanol–water partition coefficient (Wildman–Crippen LogP) is 4.18. The molecular formula is C16H22F3NO3S2. The second-order valence-corrected chi connectivity index (χ2v) is 9.18. The van der Waals surface area contributed by atoms with Crippen LogP contribution in [0, 0.1) is 5.92 Å². The van der Waals surface area contributed by atoms with Crippen molar-refractivity contribution in [3.05, 3.63) is 24.3 Å². The molecule has 2 rings (SSSR count). The number of sulfonamides is 1. The maximum absolute atomic E-state index is 12.3. The van der Waals surface area contributed by atoms with Gasteiger partial charge in [0.2, 0.25) is 10.0 Å². The molecule has 0 aromatic heterocycles. The van der Waals surface area contributed by atoms with Gasteiger partial charge in [0.1, 0.15) is 5.75 Å². The maximum Gasteiger partial charge on any atom is 0.446 e. The zero-order valence-corrected chi connectivity index (χ0v) is 15.5. The van der Waals surface area contributed by atoms with E-state index in [0.29, 0.717) is 12.4 Å². The molecule has 0 heterocycles. The summed E-state index contributed by atoms with van der Waals surface area (Å²) in [6, 6.07) is 5.58. The van der Waals surface area contributed by atoms with Gasteiger partial charge in [-0.3, -0.25) is 0 Å². The largest absolute Gasteiger partial charge is 0.493 e. The lowest BCUT2D eigenvalue weighted by atomic mass is 9.86. The van der Waals surface area contributed by atoms with Crippen molar-refractivity contribution in [3.8, 4) is 5.75 Å². The molecule has 1 N–H and O–H groups in total. The van der Waals surface area contributed by atoms with Crippen molar-refractivity contribution in [2.45, 2.75) is 49.1 Å². The van der Waals surface area contributed by atoms with Crippen LogP contribution < -0.4 is 9.46 Å². The molecule has 1 aromatic rings. The van der Waals surface area contributed by atoms with E-state index < -0.39 is 15.5 Å². The molecule has 1 aliphatic carbocycles. The highest BCUT2D eigenvalue weighted by Gasteiger charge is 2.30. The first kappa shape index (κ1) is 20.4. The molecule has 1 aromatic carbocycles. The fourth-order valence-electron chi connectivity index (χ4n) is 2.82. The number of alkyl halides is 3. The summed E-state index contributed by atoms with van der Waals surface area (Å²) in [5.74, 6) is 0.573. The first-order valence-electron chi connectivity index (χ1n) is 8.17. The van der Waals surface area contributed by atoms with E-state index in [-0.39, 0.29) is 34.4 Å². The number of benzene rings is 1. The lowest BCUT2D eigenvalue weighted by Crippen LogP contribution is -2.44. The number of hydrogen-bond acceptors (Lipinski definition) is 4. The van der Waals surface area contributed by atoms with Crippen molar-refractivity contribution in [3.63, 3.8) is 0 Å². The first-order valence-corrected chi connectivity index (χ1v) is 10.6. The van der Waals surface area contributed by atoms with Crippen molar-refractivity contribution < 1.29 is 26.3 Å².